The molecule has 2 aliphatic rings. The Labute approximate surface area is 258 Å². The number of alkyl carbamates (subject to hydrolysis) is 1. The molecule has 2 bridgehead atoms. The van der Waals surface area contributed by atoms with Crippen molar-refractivity contribution in [1.29, 1.82) is 0 Å². The molecule has 1 atom stereocenters. The summed E-state index contributed by atoms with van der Waals surface area (Å²) in [6, 6.07) is 14.6. The van der Waals surface area contributed by atoms with Crippen LogP contribution in [0.2, 0.25) is 0 Å². The van der Waals surface area contributed by atoms with Gasteiger partial charge < -0.3 is 26.0 Å². The highest BCUT2D eigenvalue weighted by atomic mass is 19.4. The summed E-state index contributed by atoms with van der Waals surface area (Å²) in [6.07, 6.45) is -2.97. The van der Waals surface area contributed by atoms with E-state index in [1.165, 1.54) is 17.3 Å². The SMILES string of the molecule is CC(C)(C)OC(=O)NC/C(N)=C/N(N)c1cccc(NC(=O)N2c3nc(-c4cccc(C(F)(F)F)c4)ccc3N3CC[C@H]2C3)c1. The number of rotatable bonds is 6. The molecule has 3 heterocycles. The van der Waals surface area contributed by atoms with Gasteiger partial charge in [0.1, 0.15) is 5.60 Å². The van der Waals surface area contributed by atoms with E-state index in [1.807, 2.05) is 0 Å². The molecule has 1 saturated heterocycles. The monoisotopic (exact) mass is 624 g/mol. The molecule has 0 spiro atoms. The number of nitrogens with one attached hydrogen (secondary N) is 2. The van der Waals surface area contributed by atoms with Crippen molar-refractivity contribution in [1.82, 2.24) is 10.3 Å². The molecule has 1 fully saturated rings. The maximum atomic E-state index is 13.7. The van der Waals surface area contributed by atoms with Crippen LogP contribution in [0.5, 0.6) is 0 Å². The highest BCUT2D eigenvalue weighted by Crippen LogP contribution is 2.41. The van der Waals surface area contributed by atoms with Crippen LogP contribution in [-0.4, -0.2) is 48.4 Å². The van der Waals surface area contributed by atoms with E-state index >= 15 is 0 Å². The van der Waals surface area contributed by atoms with Gasteiger partial charge in [0.15, 0.2) is 5.82 Å². The van der Waals surface area contributed by atoms with E-state index in [-0.39, 0.29) is 18.3 Å². The lowest BCUT2D eigenvalue weighted by Gasteiger charge is -2.36. The lowest BCUT2D eigenvalue weighted by molar-refractivity contribution is -0.137. The summed E-state index contributed by atoms with van der Waals surface area (Å²) in [7, 11) is 0. The number of hydrogen-bond acceptors (Lipinski definition) is 8. The first-order chi connectivity index (χ1) is 21.2. The smallest absolute Gasteiger partial charge is 0.416 e. The Morgan fingerprint density at radius 3 is 2.60 bits per heavy atom. The Bertz CT molecular complexity index is 1620. The molecule has 3 amide bonds. The minimum Gasteiger partial charge on any atom is -0.444 e. The van der Waals surface area contributed by atoms with Crippen molar-refractivity contribution in [2.45, 2.75) is 45.0 Å². The van der Waals surface area contributed by atoms with E-state index in [0.717, 1.165) is 24.4 Å². The van der Waals surface area contributed by atoms with E-state index in [0.29, 0.717) is 41.4 Å². The fourth-order valence-electron chi connectivity index (χ4n) is 5.20. The number of carbonyl (C=O) groups is 2. The predicted octanol–water partition coefficient (Wildman–Crippen LogP) is 5.40. The molecule has 11 nitrogen and oxygen atoms in total. The van der Waals surface area contributed by atoms with Gasteiger partial charge in [0.2, 0.25) is 0 Å². The molecule has 0 unspecified atom stereocenters. The number of hydrazine groups is 1. The second-order valence-corrected chi connectivity index (χ2v) is 11.8. The lowest BCUT2D eigenvalue weighted by atomic mass is 10.1. The second kappa shape index (κ2) is 12.2. The van der Waals surface area contributed by atoms with Crippen LogP contribution in [0, 0.1) is 0 Å². The number of aromatic nitrogens is 1. The molecule has 6 N–H and O–H groups in total. The van der Waals surface area contributed by atoms with Crippen molar-refractivity contribution in [2.24, 2.45) is 11.6 Å². The number of pyridine rings is 1. The molecule has 3 aromatic rings. The molecule has 0 radical (unpaired) electrons. The number of nitrogens with zero attached hydrogens (tertiary/aromatic N) is 4. The second-order valence-electron chi connectivity index (χ2n) is 11.8. The van der Waals surface area contributed by atoms with Crippen molar-refractivity contribution in [3.63, 3.8) is 0 Å². The number of fused-ring (bicyclic) bond motifs is 4. The number of amides is 3. The van der Waals surface area contributed by atoms with Crippen LogP contribution in [-0.2, 0) is 10.9 Å². The Kier molecular flexibility index (Phi) is 8.52. The topological polar surface area (TPSA) is 142 Å². The molecule has 45 heavy (non-hydrogen) atoms. The fraction of sp³-hybridized carbons (Fsp3) is 0.323. The Morgan fingerprint density at radius 1 is 1.11 bits per heavy atom. The minimum atomic E-state index is -4.49. The highest BCUT2D eigenvalue weighted by Gasteiger charge is 2.40. The van der Waals surface area contributed by atoms with E-state index in [1.54, 1.807) is 68.1 Å². The Hall–Kier alpha value is -4.98. The van der Waals surface area contributed by atoms with Crippen LogP contribution < -0.4 is 37.0 Å². The van der Waals surface area contributed by atoms with Crippen molar-refractivity contribution in [3.05, 3.63) is 78.1 Å². The van der Waals surface area contributed by atoms with Crippen LogP contribution >= 0.6 is 0 Å². The van der Waals surface area contributed by atoms with Crippen molar-refractivity contribution in [3.8, 4) is 11.3 Å². The predicted molar refractivity (Wildman–Crippen MR) is 166 cm³/mol. The molecule has 0 aliphatic carbocycles. The average molecular weight is 625 g/mol. The summed E-state index contributed by atoms with van der Waals surface area (Å²) >= 11 is 0. The van der Waals surface area contributed by atoms with Crippen molar-refractivity contribution in [2.75, 3.05) is 39.8 Å². The normalized spacial score (nSPS) is 16.2. The summed E-state index contributed by atoms with van der Waals surface area (Å²) < 4.78 is 45.3. The molecule has 2 aromatic carbocycles. The first kappa shape index (κ1) is 31.4. The van der Waals surface area contributed by atoms with Gasteiger partial charge in [0, 0.05) is 36.2 Å². The van der Waals surface area contributed by atoms with Crippen LogP contribution in [0.3, 0.4) is 0 Å². The summed E-state index contributed by atoms with van der Waals surface area (Å²) in [4.78, 5) is 34.0. The summed E-state index contributed by atoms with van der Waals surface area (Å²) in [5.41, 5.74) is 7.17. The zero-order chi connectivity index (χ0) is 32.5. The number of alkyl halides is 3. The lowest BCUT2D eigenvalue weighted by Crippen LogP contribution is -2.48. The molecular formula is C31H35F3N8O3. The molecule has 238 valence electrons. The number of hydrogen-bond donors (Lipinski definition) is 4. The quantitative estimate of drug-likeness (QED) is 0.211. The van der Waals surface area contributed by atoms with Crippen LogP contribution in [0.1, 0.15) is 32.8 Å². The number of ether oxygens (including phenoxy) is 1. The number of nitrogens with two attached hydrogens (primary N) is 2. The van der Waals surface area contributed by atoms with E-state index in [4.69, 9.17) is 16.3 Å². The zero-order valence-corrected chi connectivity index (χ0v) is 25.1. The highest BCUT2D eigenvalue weighted by molar-refractivity contribution is 6.05. The third-order valence-electron chi connectivity index (χ3n) is 7.19. The Balaban J connectivity index is 1.33. The van der Waals surface area contributed by atoms with Gasteiger partial charge in [-0.1, -0.05) is 18.2 Å². The maximum Gasteiger partial charge on any atom is 0.416 e. The minimum absolute atomic E-state index is 0.00129. The number of carbonyl (C=O) groups excluding carboxylic acids is 2. The molecular weight excluding hydrogens is 589 g/mol. The van der Waals surface area contributed by atoms with E-state index in [9.17, 15) is 22.8 Å². The maximum absolute atomic E-state index is 13.7. The van der Waals surface area contributed by atoms with Gasteiger partial charge >= 0.3 is 18.3 Å². The van der Waals surface area contributed by atoms with Gasteiger partial charge in [-0.25, -0.2) is 20.4 Å². The molecule has 1 aromatic heterocycles. The van der Waals surface area contributed by atoms with E-state index < -0.39 is 29.5 Å². The first-order valence-corrected chi connectivity index (χ1v) is 14.3. The van der Waals surface area contributed by atoms with Crippen LogP contribution in [0.25, 0.3) is 11.3 Å². The summed E-state index contributed by atoms with van der Waals surface area (Å²) in [6.45, 7) is 6.59. The summed E-state index contributed by atoms with van der Waals surface area (Å²) in [5, 5.41) is 6.72. The Morgan fingerprint density at radius 2 is 1.87 bits per heavy atom. The van der Waals surface area contributed by atoms with Crippen LogP contribution in [0.4, 0.5) is 45.6 Å². The first-order valence-electron chi connectivity index (χ1n) is 14.3. The van der Waals surface area contributed by atoms with E-state index in [2.05, 4.69) is 20.5 Å². The summed E-state index contributed by atoms with van der Waals surface area (Å²) in [5.74, 6) is 6.57. The number of anilines is 4. The zero-order valence-electron chi connectivity index (χ0n) is 25.1. The van der Waals surface area contributed by atoms with Crippen LogP contribution in [0.15, 0.2) is 72.6 Å². The standard InChI is InChI=1S/C31H35F3N8O3/c1-30(2,3)45-29(44)37-16-21(35)17-41(36)23-9-5-8-22(15-23)38-28(43)42-24-12-13-40(18-24)26-11-10-25(39-27(26)42)19-6-4-7-20(14-19)31(32,33)34/h4-11,14-15,17,24H,12-13,16,18,35-36H2,1-3H3,(H,37,44)(H,38,43)/b21-17-/t24-/m0/s1. The number of halogens is 3. The van der Waals surface area contributed by atoms with Crippen molar-refractivity contribution < 1.29 is 27.5 Å². The van der Waals surface area contributed by atoms with Crippen molar-refractivity contribution >= 4 is 35.0 Å². The molecule has 14 heteroatoms. The van der Waals surface area contributed by atoms with Gasteiger partial charge in [0.05, 0.1) is 35.2 Å². The molecule has 2 aliphatic heterocycles. The molecule has 5 rings (SSSR count). The molecule has 0 saturated carbocycles. The van der Waals surface area contributed by atoms with Gasteiger partial charge in [-0.3, -0.25) is 9.91 Å². The van der Waals surface area contributed by atoms with Gasteiger partial charge in [-0.05, 0) is 69.7 Å². The van der Waals surface area contributed by atoms with Gasteiger partial charge in [0.25, 0.3) is 0 Å². The third kappa shape index (κ3) is 7.40. The third-order valence-corrected chi connectivity index (χ3v) is 7.19. The fourth-order valence-corrected chi connectivity index (χ4v) is 5.20. The largest absolute Gasteiger partial charge is 0.444 e. The number of urea groups is 1. The number of benzene rings is 2. The van der Waals surface area contributed by atoms with Gasteiger partial charge in [-0.15, -0.1) is 0 Å². The average Bonchev–Trinajstić information content (AvgIpc) is 3.38. The van der Waals surface area contributed by atoms with Gasteiger partial charge in [-0.2, -0.15) is 13.2 Å².